The van der Waals surface area contributed by atoms with Gasteiger partial charge in [0.05, 0.1) is 10.6 Å². The average Bonchev–Trinajstić information content (AvgIpc) is 3.35. The van der Waals surface area contributed by atoms with E-state index in [1.807, 2.05) is 30.5 Å². The first-order chi connectivity index (χ1) is 13.5. The monoisotopic (exact) mass is 375 g/mol. The van der Waals surface area contributed by atoms with Crippen molar-refractivity contribution in [1.82, 2.24) is 14.3 Å². The molecule has 0 atom stereocenters. The Labute approximate surface area is 160 Å². The minimum absolute atomic E-state index is 0.00108. The summed E-state index contributed by atoms with van der Waals surface area (Å²) in [5, 5.41) is 18.9. The van der Waals surface area contributed by atoms with Crippen molar-refractivity contribution in [3.05, 3.63) is 82.8 Å². The summed E-state index contributed by atoms with van der Waals surface area (Å²) in [5.41, 5.74) is 2.69. The minimum atomic E-state index is -0.461. The molecule has 0 aliphatic heterocycles. The predicted molar refractivity (Wildman–Crippen MR) is 106 cm³/mol. The second-order valence-electron chi connectivity index (χ2n) is 6.25. The van der Waals surface area contributed by atoms with Gasteiger partial charge in [0.15, 0.2) is 5.69 Å². The van der Waals surface area contributed by atoms with Gasteiger partial charge in [-0.2, -0.15) is 5.10 Å². The Bertz CT molecular complexity index is 1170. The number of amides is 1. The zero-order valence-electron chi connectivity index (χ0n) is 15.1. The Morgan fingerprint density at radius 2 is 1.89 bits per heavy atom. The quantitative estimate of drug-likeness (QED) is 0.421. The maximum absolute atomic E-state index is 12.5. The van der Waals surface area contributed by atoms with Gasteiger partial charge in [-0.3, -0.25) is 14.9 Å². The maximum Gasteiger partial charge on any atom is 0.276 e. The van der Waals surface area contributed by atoms with Crippen molar-refractivity contribution in [2.45, 2.75) is 13.5 Å². The van der Waals surface area contributed by atoms with E-state index in [1.165, 1.54) is 16.8 Å². The Morgan fingerprint density at radius 3 is 2.61 bits per heavy atom. The Balaban J connectivity index is 1.52. The van der Waals surface area contributed by atoms with Crippen LogP contribution in [0.5, 0.6) is 0 Å². The van der Waals surface area contributed by atoms with Crippen LogP contribution in [0, 0.1) is 10.1 Å². The summed E-state index contributed by atoms with van der Waals surface area (Å²) >= 11 is 0. The number of rotatable bonds is 5. The maximum atomic E-state index is 12.5. The first kappa shape index (κ1) is 17.5. The molecule has 0 saturated carbocycles. The lowest BCUT2D eigenvalue weighted by atomic mass is 10.2. The average molecular weight is 375 g/mol. The van der Waals surface area contributed by atoms with Crippen LogP contribution in [0.1, 0.15) is 17.4 Å². The number of nitrogens with one attached hydrogen (secondary N) is 1. The van der Waals surface area contributed by atoms with Gasteiger partial charge in [0.2, 0.25) is 0 Å². The third-order valence-corrected chi connectivity index (χ3v) is 4.52. The number of nitro groups is 1. The number of anilines is 1. The van der Waals surface area contributed by atoms with Gasteiger partial charge in [-0.15, -0.1) is 0 Å². The van der Waals surface area contributed by atoms with Crippen LogP contribution in [0.2, 0.25) is 0 Å². The van der Waals surface area contributed by atoms with Gasteiger partial charge in [-0.1, -0.05) is 0 Å². The molecule has 4 aromatic rings. The molecule has 0 spiro atoms. The third kappa shape index (κ3) is 3.23. The highest BCUT2D eigenvalue weighted by molar-refractivity contribution is 6.03. The predicted octanol–water partition coefficient (Wildman–Crippen LogP) is 4.01. The summed E-state index contributed by atoms with van der Waals surface area (Å²) in [4.78, 5) is 22.8. The minimum Gasteiger partial charge on any atom is -0.348 e. The van der Waals surface area contributed by atoms with E-state index >= 15 is 0 Å². The lowest BCUT2D eigenvalue weighted by molar-refractivity contribution is -0.384. The Kier molecular flexibility index (Phi) is 4.36. The molecule has 0 saturated heterocycles. The number of nitro benzene ring substituents is 1. The summed E-state index contributed by atoms with van der Waals surface area (Å²) in [6.07, 6.45) is 3.66. The smallest absolute Gasteiger partial charge is 0.276 e. The van der Waals surface area contributed by atoms with Crippen molar-refractivity contribution in [1.29, 1.82) is 0 Å². The summed E-state index contributed by atoms with van der Waals surface area (Å²) in [6.45, 7) is 2.96. The second kappa shape index (κ2) is 6.99. The van der Waals surface area contributed by atoms with Crippen molar-refractivity contribution < 1.29 is 9.72 Å². The summed E-state index contributed by atoms with van der Waals surface area (Å²) < 4.78 is 3.63. The van der Waals surface area contributed by atoms with Gasteiger partial charge in [0.1, 0.15) is 0 Å². The van der Waals surface area contributed by atoms with Crippen LogP contribution in [0.25, 0.3) is 16.6 Å². The second-order valence-corrected chi connectivity index (χ2v) is 6.25. The van der Waals surface area contributed by atoms with E-state index in [4.69, 9.17) is 0 Å². The number of aryl methyl sites for hydroxylation is 1. The van der Waals surface area contributed by atoms with Crippen molar-refractivity contribution in [2.75, 3.05) is 5.32 Å². The highest BCUT2D eigenvalue weighted by Crippen LogP contribution is 2.21. The molecule has 2 heterocycles. The number of benzene rings is 2. The highest BCUT2D eigenvalue weighted by atomic mass is 16.6. The number of fused-ring (bicyclic) bond motifs is 1. The first-order valence-electron chi connectivity index (χ1n) is 8.76. The lowest BCUT2D eigenvalue weighted by Crippen LogP contribution is -2.13. The topological polar surface area (TPSA) is 95.0 Å². The molecule has 0 aliphatic rings. The van der Waals surface area contributed by atoms with Crippen molar-refractivity contribution >= 4 is 28.2 Å². The molecule has 0 unspecified atom stereocenters. The van der Waals surface area contributed by atoms with Crippen LogP contribution in [0.15, 0.2) is 67.0 Å². The number of hydrogen-bond donors (Lipinski definition) is 1. The van der Waals surface area contributed by atoms with Crippen molar-refractivity contribution in [3.63, 3.8) is 0 Å². The van der Waals surface area contributed by atoms with E-state index in [-0.39, 0.29) is 17.3 Å². The normalized spacial score (nSPS) is 10.9. The van der Waals surface area contributed by atoms with Crippen LogP contribution in [-0.4, -0.2) is 25.2 Å². The number of non-ortho nitro benzene ring substituents is 1. The molecule has 28 heavy (non-hydrogen) atoms. The van der Waals surface area contributed by atoms with Gasteiger partial charge >= 0.3 is 0 Å². The van der Waals surface area contributed by atoms with Crippen LogP contribution < -0.4 is 5.32 Å². The van der Waals surface area contributed by atoms with Crippen LogP contribution in [0.3, 0.4) is 0 Å². The molecule has 0 radical (unpaired) electrons. The van der Waals surface area contributed by atoms with Crippen LogP contribution >= 0.6 is 0 Å². The van der Waals surface area contributed by atoms with Gasteiger partial charge in [0, 0.05) is 47.7 Å². The molecule has 4 rings (SSSR count). The fourth-order valence-electron chi connectivity index (χ4n) is 3.06. The molecule has 8 nitrogen and oxygen atoms in total. The van der Waals surface area contributed by atoms with E-state index in [0.717, 1.165) is 17.4 Å². The van der Waals surface area contributed by atoms with Gasteiger partial charge in [0.25, 0.3) is 11.6 Å². The molecule has 2 aromatic heterocycles. The van der Waals surface area contributed by atoms with Crippen molar-refractivity contribution in [3.8, 4) is 5.69 Å². The molecule has 2 aromatic carbocycles. The third-order valence-electron chi connectivity index (χ3n) is 4.52. The molecule has 8 heteroatoms. The molecule has 0 bridgehead atoms. The Hall–Kier alpha value is -3.94. The van der Waals surface area contributed by atoms with E-state index in [2.05, 4.69) is 21.9 Å². The van der Waals surface area contributed by atoms with E-state index in [1.54, 1.807) is 24.4 Å². The highest BCUT2D eigenvalue weighted by Gasteiger charge is 2.12. The number of aromatic nitrogens is 3. The number of carbonyl (C=O) groups is 1. The van der Waals surface area contributed by atoms with Gasteiger partial charge in [-0.05, 0) is 49.4 Å². The number of nitrogens with zero attached hydrogens (tertiary/aromatic N) is 4. The zero-order valence-corrected chi connectivity index (χ0v) is 15.1. The lowest BCUT2D eigenvalue weighted by Gasteiger charge is -2.05. The fraction of sp³-hybridized carbons (Fsp3) is 0.100. The standard InChI is InChI=1S/C20H17N5O3/c1-2-23-11-9-14-13-15(3-8-19(14)23)21-20(26)18-10-12-24(22-18)16-4-6-17(7-5-16)25(27)28/h3-13H,2H2,1H3,(H,21,26). The number of hydrogen-bond acceptors (Lipinski definition) is 4. The van der Waals surface area contributed by atoms with E-state index in [9.17, 15) is 14.9 Å². The largest absolute Gasteiger partial charge is 0.348 e. The summed E-state index contributed by atoms with van der Waals surface area (Å²) in [6, 6.07) is 15.3. The molecular formula is C20H17N5O3. The molecule has 1 amide bonds. The van der Waals surface area contributed by atoms with Crippen LogP contribution in [0.4, 0.5) is 11.4 Å². The zero-order chi connectivity index (χ0) is 19.7. The molecule has 140 valence electrons. The molecule has 1 N–H and O–H groups in total. The van der Waals surface area contributed by atoms with Crippen molar-refractivity contribution in [2.24, 2.45) is 0 Å². The number of carbonyl (C=O) groups excluding carboxylic acids is 1. The van der Waals surface area contributed by atoms with Gasteiger partial charge in [-0.25, -0.2) is 4.68 Å². The fourth-order valence-corrected chi connectivity index (χ4v) is 3.06. The molecular weight excluding hydrogens is 358 g/mol. The van der Waals surface area contributed by atoms with Gasteiger partial charge < -0.3 is 9.88 Å². The van der Waals surface area contributed by atoms with E-state index < -0.39 is 4.92 Å². The first-order valence-corrected chi connectivity index (χ1v) is 8.76. The van der Waals surface area contributed by atoms with E-state index in [0.29, 0.717) is 11.4 Å². The Morgan fingerprint density at radius 1 is 1.11 bits per heavy atom. The van der Waals surface area contributed by atoms with Crippen LogP contribution in [-0.2, 0) is 6.54 Å². The summed E-state index contributed by atoms with van der Waals surface area (Å²) in [7, 11) is 0. The molecule has 0 fully saturated rings. The SMILES string of the molecule is CCn1ccc2cc(NC(=O)c3ccn(-c4ccc([N+](=O)[O-])cc4)n3)ccc21. The summed E-state index contributed by atoms with van der Waals surface area (Å²) in [5.74, 6) is -0.324. The molecule has 0 aliphatic carbocycles.